The van der Waals surface area contributed by atoms with Gasteiger partial charge < -0.3 is 30.0 Å². The lowest BCUT2D eigenvalue weighted by Gasteiger charge is -2.33. The van der Waals surface area contributed by atoms with E-state index in [4.69, 9.17) is 20.3 Å². The number of amides is 2. The van der Waals surface area contributed by atoms with E-state index in [-0.39, 0.29) is 30.7 Å². The number of hydrogen-bond acceptors (Lipinski definition) is 6. The minimum absolute atomic E-state index is 0.0233. The molecule has 1 aromatic carbocycles. The molecule has 3 fully saturated rings. The molecule has 4 aromatic rings. The fourth-order valence-electron chi connectivity index (χ4n) is 6.57. The Bertz CT molecular complexity index is 1720. The van der Waals surface area contributed by atoms with Gasteiger partial charge in [-0.3, -0.25) is 9.59 Å². The molecule has 7 rings (SSSR count). The number of aromatic nitrogens is 3. The Morgan fingerprint density at radius 3 is 2.72 bits per heavy atom. The quantitative estimate of drug-likeness (QED) is 0.324. The van der Waals surface area contributed by atoms with Gasteiger partial charge in [0.1, 0.15) is 28.9 Å². The van der Waals surface area contributed by atoms with Crippen LogP contribution in [0, 0.1) is 18.8 Å². The zero-order valence-electron chi connectivity index (χ0n) is 24.5. The zero-order valence-corrected chi connectivity index (χ0v) is 24.5. The van der Waals surface area contributed by atoms with Crippen molar-refractivity contribution in [3.63, 3.8) is 0 Å². The zero-order chi connectivity index (χ0) is 29.8. The van der Waals surface area contributed by atoms with Crippen LogP contribution in [0.1, 0.15) is 41.6 Å². The molecule has 2 aliphatic heterocycles. The van der Waals surface area contributed by atoms with Crippen LogP contribution in [0.5, 0.6) is 11.5 Å². The molecule has 2 saturated heterocycles. The maximum absolute atomic E-state index is 14.3. The Kier molecular flexibility index (Phi) is 6.99. The van der Waals surface area contributed by atoms with Crippen molar-refractivity contribution < 1.29 is 23.5 Å². The normalized spacial score (nSPS) is 22.4. The Balaban J connectivity index is 1.29. The van der Waals surface area contributed by atoms with Gasteiger partial charge in [-0.25, -0.2) is 8.91 Å². The number of nitrogens with one attached hydrogen (secondary N) is 1. The van der Waals surface area contributed by atoms with E-state index in [1.54, 1.807) is 23.9 Å². The molecule has 1 saturated carbocycles. The number of nitrogens with two attached hydrogens (primary N) is 1. The largest absolute Gasteiger partial charge is 0.494 e. The summed E-state index contributed by atoms with van der Waals surface area (Å²) in [7, 11) is 1.57. The van der Waals surface area contributed by atoms with Crippen LogP contribution in [0.4, 0.5) is 4.39 Å². The third-order valence-electron chi connectivity index (χ3n) is 8.91. The van der Waals surface area contributed by atoms with E-state index < -0.39 is 12.2 Å². The molecule has 1 unspecified atom stereocenters. The van der Waals surface area contributed by atoms with Crippen molar-refractivity contribution in [3.8, 4) is 22.9 Å². The van der Waals surface area contributed by atoms with Crippen molar-refractivity contribution in [2.45, 2.75) is 51.4 Å². The number of rotatable bonds is 8. The van der Waals surface area contributed by atoms with Crippen LogP contribution < -0.4 is 20.5 Å². The molecule has 0 bridgehead atoms. The van der Waals surface area contributed by atoms with Gasteiger partial charge in [-0.05, 0) is 50.3 Å². The lowest BCUT2D eigenvalue weighted by atomic mass is 10.0. The predicted molar refractivity (Wildman–Crippen MR) is 160 cm³/mol. The molecule has 226 valence electrons. The Hall–Kier alpha value is -4.12. The number of halogens is 1. The number of piperidine rings is 1. The van der Waals surface area contributed by atoms with Crippen molar-refractivity contribution in [1.29, 1.82) is 0 Å². The van der Waals surface area contributed by atoms with Crippen molar-refractivity contribution in [2.24, 2.45) is 17.6 Å². The summed E-state index contributed by atoms with van der Waals surface area (Å²) < 4.78 is 30.4. The van der Waals surface area contributed by atoms with Crippen molar-refractivity contribution in [2.75, 3.05) is 33.4 Å². The summed E-state index contributed by atoms with van der Waals surface area (Å²) >= 11 is 0. The van der Waals surface area contributed by atoms with E-state index in [1.165, 1.54) is 17.7 Å². The van der Waals surface area contributed by atoms with Crippen LogP contribution in [0.2, 0.25) is 0 Å². The number of carbonyl (C=O) groups excluding carboxylic acids is 2. The standard InChI is InChI=1S/C32H37FN6O4/c1-18-29(36-39-14-22(10-27(42-2)30(18)39)32(41)37-15-23(33)11-24(34)16-37)25-9-21-4-3-5-26(31(21)38(25)13-19-6-7-19)43-17-20-8-28(40)35-12-20/h3-5,9-10,14,19-20,23-24H,6-8,11-13,15-17,34H2,1-2H3,(H,35,40)/t20?,23-,24-/m1/s1. The first-order chi connectivity index (χ1) is 20.8. The molecule has 5 heterocycles. The van der Waals surface area contributed by atoms with E-state index in [0.717, 1.165) is 45.7 Å². The molecule has 3 N–H and O–H groups in total. The average molecular weight is 589 g/mol. The maximum Gasteiger partial charge on any atom is 0.255 e. The summed E-state index contributed by atoms with van der Waals surface area (Å²) in [5.74, 6) is 1.83. The second kappa shape index (κ2) is 10.9. The SMILES string of the molecule is COc1cc(C(=O)N2C[C@H](N)C[C@@H](F)C2)cn2nc(-c3cc4cccc(OCC5CNC(=O)C5)c4n3CC3CC3)c(C)c12. The molecule has 0 radical (unpaired) electrons. The fourth-order valence-corrected chi connectivity index (χ4v) is 6.57. The first kappa shape index (κ1) is 27.7. The van der Waals surface area contributed by atoms with Crippen LogP contribution in [-0.4, -0.2) is 76.5 Å². The van der Waals surface area contributed by atoms with E-state index in [1.807, 2.05) is 19.1 Å². The summed E-state index contributed by atoms with van der Waals surface area (Å²) in [6.07, 6.45) is 3.66. The minimum Gasteiger partial charge on any atom is -0.494 e. The van der Waals surface area contributed by atoms with Gasteiger partial charge in [0.25, 0.3) is 5.91 Å². The minimum atomic E-state index is -1.14. The number of nitrogens with zero attached hydrogens (tertiary/aromatic N) is 4. The van der Waals surface area contributed by atoms with Gasteiger partial charge in [0.05, 0.1) is 37.0 Å². The Morgan fingerprint density at radius 2 is 2.00 bits per heavy atom. The number of para-hydroxylation sites is 1. The molecule has 43 heavy (non-hydrogen) atoms. The average Bonchev–Trinajstić information content (AvgIpc) is 3.45. The van der Waals surface area contributed by atoms with Crippen LogP contribution in [-0.2, 0) is 11.3 Å². The topological polar surface area (TPSA) is 116 Å². The summed E-state index contributed by atoms with van der Waals surface area (Å²) in [4.78, 5) is 26.6. The highest BCUT2D eigenvalue weighted by Crippen LogP contribution is 2.41. The van der Waals surface area contributed by atoms with Crippen molar-refractivity contribution in [3.05, 3.63) is 47.7 Å². The lowest BCUT2D eigenvalue weighted by molar-refractivity contribution is -0.119. The molecule has 11 heteroatoms. The van der Waals surface area contributed by atoms with E-state index >= 15 is 0 Å². The van der Waals surface area contributed by atoms with Gasteiger partial charge in [-0.2, -0.15) is 5.10 Å². The number of pyridine rings is 1. The fraction of sp³-hybridized carbons (Fsp3) is 0.469. The predicted octanol–water partition coefficient (Wildman–Crippen LogP) is 3.71. The monoisotopic (exact) mass is 588 g/mol. The van der Waals surface area contributed by atoms with Gasteiger partial charge in [0, 0.05) is 55.2 Å². The number of hydrogen-bond donors (Lipinski definition) is 2. The van der Waals surface area contributed by atoms with Crippen molar-refractivity contribution >= 4 is 28.2 Å². The molecule has 3 atom stereocenters. The highest BCUT2D eigenvalue weighted by molar-refractivity contribution is 5.96. The number of aryl methyl sites for hydroxylation is 1. The first-order valence-corrected chi connectivity index (χ1v) is 15.1. The first-order valence-electron chi connectivity index (χ1n) is 15.1. The van der Waals surface area contributed by atoms with Crippen molar-refractivity contribution in [1.82, 2.24) is 24.4 Å². The number of benzene rings is 1. The highest BCUT2D eigenvalue weighted by atomic mass is 19.1. The molecule has 3 aliphatic rings. The number of methoxy groups -OCH3 is 1. The number of likely N-dealkylation sites (tertiary alicyclic amines) is 1. The lowest BCUT2D eigenvalue weighted by Crippen LogP contribution is -2.50. The number of ether oxygens (including phenoxy) is 2. The third-order valence-corrected chi connectivity index (χ3v) is 8.91. The summed E-state index contributed by atoms with van der Waals surface area (Å²) in [6.45, 7) is 4.29. The van der Waals surface area contributed by atoms with Crippen LogP contribution in [0.25, 0.3) is 27.8 Å². The maximum atomic E-state index is 14.3. The van der Waals surface area contributed by atoms with Crippen LogP contribution >= 0.6 is 0 Å². The summed E-state index contributed by atoms with van der Waals surface area (Å²) in [5.41, 5.74) is 10.9. The van der Waals surface area contributed by atoms with Gasteiger partial charge in [0.2, 0.25) is 5.91 Å². The highest BCUT2D eigenvalue weighted by Gasteiger charge is 2.31. The molecular weight excluding hydrogens is 551 g/mol. The van der Waals surface area contributed by atoms with Crippen LogP contribution in [0.15, 0.2) is 36.5 Å². The summed E-state index contributed by atoms with van der Waals surface area (Å²) in [5, 5.41) is 8.94. The van der Waals surface area contributed by atoms with Gasteiger partial charge in [0.15, 0.2) is 0 Å². The van der Waals surface area contributed by atoms with E-state index in [9.17, 15) is 14.0 Å². The number of carbonyl (C=O) groups is 2. The number of fused-ring (bicyclic) bond motifs is 2. The second-order valence-corrected chi connectivity index (χ2v) is 12.3. The smallest absolute Gasteiger partial charge is 0.255 e. The molecule has 3 aromatic heterocycles. The van der Waals surface area contributed by atoms with Gasteiger partial charge in [-0.1, -0.05) is 12.1 Å². The van der Waals surface area contributed by atoms with E-state index in [2.05, 4.69) is 22.0 Å². The second-order valence-electron chi connectivity index (χ2n) is 12.3. The third kappa shape index (κ3) is 5.20. The Morgan fingerprint density at radius 1 is 1.16 bits per heavy atom. The molecule has 1 aliphatic carbocycles. The number of alkyl halides is 1. The summed E-state index contributed by atoms with van der Waals surface area (Å²) in [6, 6.07) is 9.53. The van der Waals surface area contributed by atoms with Crippen LogP contribution in [0.3, 0.4) is 0 Å². The molecule has 0 spiro atoms. The molecule has 10 nitrogen and oxygen atoms in total. The van der Waals surface area contributed by atoms with Gasteiger partial charge in [-0.15, -0.1) is 0 Å². The molecule has 2 amide bonds. The molecular formula is C32H37FN6O4. The Labute approximate surface area is 248 Å². The van der Waals surface area contributed by atoms with Gasteiger partial charge >= 0.3 is 0 Å². The van der Waals surface area contributed by atoms with E-state index in [0.29, 0.717) is 43.3 Å².